The minimum atomic E-state index is -0.178. The van der Waals surface area contributed by atoms with E-state index in [2.05, 4.69) is 9.97 Å². The quantitative estimate of drug-likeness (QED) is 0.917. The van der Waals surface area contributed by atoms with Crippen molar-refractivity contribution in [2.45, 2.75) is 19.4 Å². The van der Waals surface area contributed by atoms with Crippen LogP contribution in [0.5, 0.6) is 11.5 Å². The zero-order valence-corrected chi connectivity index (χ0v) is 11.4. The van der Waals surface area contributed by atoms with Gasteiger partial charge in [-0.15, -0.1) is 0 Å². The van der Waals surface area contributed by atoms with Crippen molar-refractivity contribution in [3.05, 3.63) is 28.3 Å². The molecule has 0 bridgehead atoms. The maximum Gasteiger partial charge on any atom is 0.258 e. The fourth-order valence-corrected chi connectivity index (χ4v) is 2.30. The van der Waals surface area contributed by atoms with Crippen molar-refractivity contribution in [1.82, 2.24) is 9.97 Å². The normalized spacial score (nSPS) is 18.4. The molecule has 1 fully saturated rings. The Kier molecular flexibility index (Phi) is 3.31. The van der Waals surface area contributed by atoms with Gasteiger partial charge in [-0.3, -0.25) is 4.79 Å². The average molecular weight is 276 g/mol. The topological polar surface area (TPSA) is 73.4 Å². The molecular formula is C14H16N2O4. The molecular weight excluding hydrogens is 260 g/mol. The van der Waals surface area contributed by atoms with Gasteiger partial charge in [0.1, 0.15) is 11.9 Å². The number of hydrogen-bond acceptors (Lipinski definition) is 5. The van der Waals surface area contributed by atoms with E-state index in [1.54, 1.807) is 26.2 Å². The van der Waals surface area contributed by atoms with Crippen molar-refractivity contribution >= 4 is 10.9 Å². The zero-order valence-electron chi connectivity index (χ0n) is 11.4. The summed E-state index contributed by atoms with van der Waals surface area (Å²) >= 11 is 0. The molecule has 2 heterocycles. The largest absolute Gasteiger partial charge is 0.493 e. The Hall–Kier alpha value is -2.08. The van der Waals surface area contributed by atoms with Crippen LogP contribution in [0.4, 0.5) is 0 Å². The lowest BCUT2D eigenvalue weighted by atomic mass is 10.2. The highest BCUT2D eigenvalue weighted by Crippen LogP contribution is 2.32. The third kappa shape index (κ3) is 2.34. The molecule has 6 heteroatoms. The molecule has 0 unspecified atom stereocenters. The third-order valence-corrected chi connectivity index (χ3v) is 3.29. The molecule has 0 spiro atoms. The highest BCUT2D eigenvalue weighted by Gasteiger charge is 2.20. The molecule has 0 amide bonds. The predicted octanol–water partition coefficient (Wildman–Crippen LogP) is 1.41. The van der Waals surface area contributed by atoms with Crippen molar-refractivity contribution in [2.75, 3.05) is 20.3 Å². The van der Waals surface area contributed by atoms with Gasteiger partial charge in [0.15, 0.2) is 11.5 Å². The summed E-state index contributed by atoms with van der Waals surface area (Å²) in [6.45, 7) is 3.00. The van der Waals surface area contributed by atoms with Crippen LogP contribution >= 0.6 is 0 Å². The molecule has 1 aromatic heterocycles. The van der Waals surface area contributed by atoms with Crippen molar-refractivity contribution in [1.29, 1.82) is 0 Å². The number of rotatable bonds is 3. The number of aromatic amines is 1. The number of aryl methyl sites for hydroxylation is 1. The van der Waals surface area contributed by atoms with Crippen molar-refractivity contribution < 1.29 is 14.2 Å². The number of H-pyrrole nitrogens is 1. The molecule has 6 nitrogen and oxygen atoms in total. The van der Waals surface area contributed by atoms with Crippen LogP contribution in [-0.4, -0.2) is 36.4 Å². The fourth-order valence-electron chi connectivity index (χ4n) is 2.30. The number of benzene rings is 1. The van der Waals surface area contributed by atoms with Gasteiger partial charge in [0.2, 0.25) is 0 Å². The second kappa shape index (κ2) is 5.13. The van der Waals surface area contributed by atoms with Crippen LogP contribution in [0.15, 0.2) is 16.9 Å². The number of nitrogens with one attached hydrogen (secondary N) is 1. The van der Waals surface area contributed by atoms with Crippen LogP contribution in [-0.2, 0) is 4.74 Å². The summed E-state index contributed by atoms with van der Waals surface area (Å²) < 4.78 is 16.5. The van der Waals surface area contributed by atoms with Gasteiger partial charge in [0, 0.05) is 12.5 Å². The Bertz CT molecular complexity index is 689. The van der Waals surface area contributed by atoms with E-state index in [4.69, 9.17) is 14.2 Å². The van der Waals surface area contributed by atoms with Crippen LogP contribution in [0, 0.1) is 6.92 Å². The second-order valence-electron chi connectivity index (χ2n) is 4.78. The van der Waals surface area contributed by atoms with Gasteiger partial charge in [0.05, 0.1) is 31.2 Å². The van der Waals surface area contributed by atoms with Crippen LogP contribution in [0.1, 0.15) is 12.2 Å². The summed E-state index contributed by atoms with van der Waals surface area (Å²) in [4.78, 5) is 19.0. The number of nitrogens with zero attached hydrogens (tertiary/aromatic N) is 1. The Balaban J connectivity index is 2.08. The summed E-state index contributed by atoms with van der Waals surface area (Å²) in [7, 11) is 1.57. The Labute approximate surface area is 115 Å². The lowest BCUT2D eigenvalue weighted by Crippen LogP contribution is -2.17. The molecule has 2 aromatic rings. The molecule has 1 saturated heterocycles. The summed E-state index contributed by atoms with van der Waals surface area (Å²) in [6.07, 6.45) is 0.836. The fraction of sp³-hybridized carbons (Fsp3) is 0.429. The number of fused-ring (bicyclic) bond motifs is 1. The highest BCUT2D eigenvalue weighted by molar-refractivity contribution is 5.81. The highest BCUT2D eigenvalue weighted by atomic mass is 16.6. The minimum Gasteiger partial charge on any atom is -0.493 e. The maximum absolute atomic E-state index is 12.0. The molecule has 1 aliphatic heterocycles. The Morgan fingerprint density at radius 1 is 1.40 bits per heavy atom. The van der Waals surface area contributed by atoms with Crippen LogP contribution in [0.25, 0.3) is 10.9 Å². The van der Waals surface area contributed by atoms with Gasteiger partial charge in [0.25, 0.3) is 5.56 Å². The van der Waals surface area contributed by atoms with Gasteiger partial charge in [-0.2, -0.15) is 0 Å². The number of ether oxygens (including phenoxy) is 3. The molecule has 0 saturated carbocycles. The lowest BCUT2D eigenvalue weighted by Gasteiger charge is -2.15. The Morgan fingerprint density at radius 2 is 2.25 bits per heavy atom. The first-order chi connectivity index (χ1) is 9.67. The van der Waals surface area contributed by atoms with E-state index < -0.39 is 0 Å². The van der Waals surface area contributed by atoms with Gasteiger partial charge >= 0.3 is 0 Å². The van der Waals surface area contributed by atoms with Crippen molar-refractivity contribution in [3.8, 4) is 11.5 Å². The SMILES string of the molecule is COc1cc2nc(C)[nH]c(=O)c2cc1O[C@H]1CCOC1. The van der Waals surface area contributed by atoms with Crippen LogP contribution in [0.2, 0.25) is 0 Å². The van der Waals surface area contributed by atoms with Crippen molar-refractivity contribution in [3.63, 3.8) is 0 Å². The lowest BCUT2D eigenvalue weighted by molar-refractivity contribution is 0.139. The summed E-state index contributed by atoms with van der Waals surface area (Å²) in [5, 5.41) is 0.491. The molecule has 0 aliphatic carbocycles. The molecule has 1 aromatic carbocycles. The number of aromatic nitrogens is 2. The van der Waals surface area contributed by atoms with Crippen molar-refractivity contribution in [2.24, 2.45) is 0 Å². The van der Waals surface area contributed by atoms with Crippen LogP contribution in [0.3, 0.4) is 0 Å². The molecule has 1 atom stereocenters. The van der Waals surface area contributed by atoms with E-state index in [1.165, 1.54) is 0 Å². The van der Waals surface area contributed by atoms with Gasteiger partial charge in [-0.25, -0.2) is 4.98 Å². The monoisotopic (exact) mass is 276 g/mol. The average Bonchev–Trinajstić information content (AvgIpc) is 2.91. The zero-order chi connectivity index (χ0) is 14.1. The van der Waals surface area contributed by atoms with E-state index >= 15 is 0 Å². The smallest absolute Gasteiger partial charge is 0.258 e. The maximum atomic E-state index is 12.0. The molecule has 106 valence electrons. The molecule has 0 radical (unpaired) electrons. The molecule has 1 aliphatic rings. The van der Waals surface area contributed by atoms with Gasteiger partial charge in [-0.1, -0.05) is 0 Å². The first-order valence-electron chi connectivity index (χ1n) is 6.50. The minimum absolute atomic E-state index is 0.00107. The Morgan fingerprint density at radius 3 is 2.95 bits per heavy atom. The first kappa shape index (κ1) is 12.9. The molecule has 1 N–H and O–H groups in total. The van der Waals surface area contributed by atoms with E-state index in [0.29, 0.717) is 41.4 Å². The number of methoxy groups -OCH3 is 1. The third-order valence-electron chi connectivity index (χ3n) is 3.29. The summed E-state index contributed by atoms with van der Waals surface area (Å²) in [5.41, 5.74) is 0.417. The predicted molar refractivity (Wildman–Crippen MR) is 73.5 cm³/mol. The van der Waals surface area contributed by atoms with E-state index in [0.717, 1.165) is 6.42 Å². The summed E-state index contributed by atoms with van der Waals surface area (Å²) in [5.74, 6) is 1.69. The molecule has 20 heavy (non-hydrogen) atoms. The standard InChI is InChI=1S/C14H16N2O4/c1-8-15-11-6-12(18-2)13(5-10(11)14(17)16-8)20-9-3-4-19-7-9/h5-6,9H,3-4,7H2,1-2H3,(H,15,16,17)/t9-/m0/s1. The van der Waals surface area contributed by atoms with E-state index in [9.17, 15) is 4.79 Å². The van der Waals surface area contributed by atoms with E-state index in [1.807, 2.05) is 0 Å². The summed E-state index contributed by atoms with van der Waals surface area (Å²) in [6, 6.07) is 3.40. The first-order valence-corrected chi connectivity index (χ1v) is 6.50. The number of hydrogen-bond donors (Lipinski definition) is 1. The second-order valence-corrected chi connectivity index (χ2v) is 4.78. The van der Waals surface area contributed by atoms with Gasteiger partial charge < -0.3 is 19.2 Å². The van der Waals surface area contributed by atoms with E-state index in [-0.39, 0.29) is 11.7 Å². The van der Waals surface area contributed by atoms with Crippen LogP contribution < -0.4 is 15.0 Å². The van der Waals surface area contributed by atoms with Gasteiger partial charge in [-0.05, 0) is 13.0 Å². The molecule has 3 rings (SSSR count).